The van der Waals surface area contributed by atoms with Crippen molar-refractivity contribution in [1.29, 1.82) is 0 Å². The molecule has 5 heterocycles. The Morgan fingerprint density at radius 1 is 0.904 bits per heavy atom. The molecular weight excluding hydrogens is 771 g/mol. The number of quaternary nitrogens is 4. The fourth-order valence-corrected chi connectivity index (χ4v) is 7.45. The first-order valence-corrected chi connectivity index (χ1v) is 17.8. The molecule has 2 fully saturated rings. The summed E-state index contributed by atoms with van der Waals surface area (Å²) in [6.45, 7) is -2.26. The van der Waals surface area contributed by atoms with E-state index in [-0.39, 0.29) is 53.6 Å². The minimum Gasteiger partial charge on any atom is -0.790 e. The average Bonchev–Trinajstić information content (AvgIpc) is 3.64. The number of aliphatic hydroxyl groups excluding tert-OH is 3. The summed E-state index contributed by atoms with van der Waals surface area (Å²) >= 11 is 0. The second kappa shape index (κ2) is 18.0. The Morgan fingerprint density at radius 2 is 1.48 bits per heavy atom. The molecule has 3 aliphatic rings. The molecule has 5 rings (SSSR count). The van der Waals surface area contributed by atoms with Gasteiger partial charge in [0.1, 0.15) is 48.5 Å². The van der Waals surface area contributed by atoms with Crippen LogP contribution in [0.3, 0.4) is 0 Å². The Morgan fingerprint density at radius 3 is 2.06 bits per heavy atom. The number of carbonyl (C=O) groups is 1. The van der Waals surface area contributed by atoms with Crippen molar-refractivity contribution in [3.8, 4) is 0 Å². The van der Waals surface area contributed by atoms with Gasteiger partial charge < -0.3 is 103 Å². The minimum atomic E-state index is -5.86. The molecule has 0 spiro atoms. The van der Waals surface area contributed by atoms with Gasteiger partial charge in [0.25, 0.3) is 15.6 Å². The van der Waals surface area contributed by atoms with Crippen molar-refractivity contribution in [1.82, 2.24) is 49.0 Å². The lowest BCUT2D eigenvalue weighted by atomic mass is 10.1. The van der Waals surface area contributed by atoms with E-state index in [4.69, 9.17) is 20.9 Å². The Labute approximate surface area is 293 Å². The number of allylic oxidation sites excluding steroid dienone is 1. The van der Waals surface area contributed by atoms with Crippen molar-refractivity contribution in [2.75, 3.05) is 18.9 Å². The van der Waals surface area contributed by atoms with Crippen LogP contribution in [0.2, 0.25) is 0 Å². The molecule has 52 heavy (non-hydrogen) atoms. The van der Waals surface area contributed by atoms with Gasteiger partial charge in [-0.1, -0.05) is 6.08 Å². The Balaban J connectivity index is 0.00000338. The number of phosphoric ester groups is 3. The zero-order chi connectivity index (χ0) is 35.2. The fraction of sp³-hybridized carbons (Fsp3) is 0.524. The van der Waals surface area contributed by atoms with Crippen LogP contribution in [0.4, 0.5) is 5.82 Å². The van der Waals surface area contributed by atoms with Gasteiger partial charge in [-0.3, -0.25) is 18.5 Å². The highest BCUT2D eigenvalue weighted by Crippen LogP contribution is 2.56. The monoisotopic (exact) mass is 813 g/mol. The standard InChI is InChI=1S/C21H30N7O17P3.4H3N/c22-17-12-19(25-7-24-17)28(8-26-12)21-16(44-46(33,34)35)14(30)11(43-21)6-41-48(38,39)45-47(36,37)40-5-10-13(29)15(31)20(42-10)27-3-1-2-9(4-27)18(23)32;;;;/h1,3-4,7-8,10-11,13-16,20-21,29-31H,2,5-6H2,(H2,23,32)(H,36,37)(H,38,39)(H2,22,24,25)(H2,33,34,35);4*1H3/t10-,11+,13-,14+,15-,16+,20-,21+;;;;/m1..../s1. The lowest BCUT2D eigenvalue weighted by Gasteiger charge is -2.34. The number of phosphoric acid groups is 3. The molecule has 0 saturated carbocycles. The number of fused-ring (bicyclic) bond motifs is 1. The fourth-order valence-electron chi connectivity index (χ4n) is 4.91. The van der Waals surface area contributed by atoms with E-state index < -0.39 is 91.7 Å². The lowest BCUT2D eigenvalue weighted by molar-refractivity contribution is -0.347. The molecule has 298 valence electrons. The third-order valence-electron chi connectivity index (χ3n) is 7.09. The number of carbonyl (C=O) groups excluding carboxylic acids is 1. The molecule has 28 nitrogen and oxygen atoms in total. The topological polar surface area (TPSA) is 521 Å². The quantitative estimate of drug-likeness (QED) is 0.0882. The van der Waals surface area contributed by atoms with Gasteiger partial charge in [0, 0.05) is 18.0 Å². The van der Waals surface area contributed by atoms with E-state index in [9.17, 15) is 53.4 Å². The van der Waals surface area contributed by atoms with Gasteiger partial charge in [-0.05, 0) is 6.42 Å². The number of amides is 1. The molecule has 0 bridgehead atoms. The Kier molecular flexibility index (Phi) is 16.3. The number of anilines is 1. The van der Waals surface area contributed by atoms with Crippen LogP contribution in [0, 0.1) is 0 Å². The van der Waals surface area contributed by atoms with Crippen LogP contribution >= 0.6 is 23.5 Å². The van der Waals surface area contributed by atoms with Crippen LogP contribution in [0.1, 0.15) is 12.6 Å². The maximum Gasteiger partial charge on any atom is 0.274 e. The summed E-state index contributed by atoms with van der Waals surface area (Å²) in [6.07, 6.45) is -7.38. The van der Waals surface area contributed by atoms with E-state index in [1.165, 1.54) is 23.4 Å². The number of primary amides is 1. The van der Waals surface area contributed by atoms with E-state index in [0.29, 0.717) is 0 Å². The Bertz CT molecular complexity index is 1750. The van der Waals surface area contributed by atoms with Crippen molar-refractivity contribution in [3.63, 3.8) is 0 Å². The SMILES string of the molecule is NC(=O)C1=CN([C@@H]2O[C@H](COP(=O)([O-])OP(=O)([O-])OC[C@@H]3O[C@H](n4cnc5c(N)ncnc54)[C@@H](OP(=O)([O-])[O-])[C@H]3O)[C@@H](O)[C@H]2O)C=CC1.[NH4+].[NH4+].[NH4+].[NH4+]. The summed E-state index contributed by atoms with van der Waals surface area (Å²) in [7, 11) is -17.4. The summed E-state index contributed by atoms with van der Waals surface area (Å²) in [5, 5.41) is 31.4. The summed E-state index contributed by atoms with van der Waals surface area (Å²) in [5.74, 6) is -0.849. The molecule has 3 aliphatic heterocycles. The van der Waals surface area contributed by atoms with Gasteiger partial charge in [0.15, 0.2) is 23.9 Å². The second-order valence-electron chi connectivity index (χ2n) is 10.3. The van der Waals surface area contributed by atoms with Crippen molar-refractivity contribution in [2.24, 2.45) is 5.73 Å². The number of aromatic nitrogens is 4. The van der Waals surface area contributed by atoms with Gasteiger partial charge in [0.2, 0.25) is 5.91 Å². The molecule has 2 aromatic rings. The molecule has 1 amide bonds. The number of hydrogen-bond donors (Lipinski definition) is 9. The second-order valence-corrected chi connectivity index (χ2v) is 14.4. The molecular formula is C21H42N11O17P3. The molecule has 0 radical (unpaired) electrons. The molecule has 0 aromatic carbocycles. The maximum atomic E-state index is 12.4. The molecule has 10 atom stereocenters. The van der Waals surface area contributed by atoms with Gasteiger partial charge in [-0.25, -0.2) is 19.3 Å². The Hall–Kier alpha value is -2.89. The van der Waals surface area contributed by atoms with Crippen LogP contribution in [0.25, 0.3) is 11.2 Å². The number of nitrogens with zero attached hydrogens (tertiary/aromatic N) is 5. The molecule has 0 aliphatic carbocycles. The van der Waals surface area contributed by atoms with Gasteiger partial charge in [-0.15, -0.1) is 0 Å². The highest BCUT2D eigenvalue weighted by molar-refractivity contribution is 7.59. The van der Waals surface area contributed by atoms with Crippen LogP contribution in [0.5, 0.6) is 0 Å². The summed E-state index contributed by atoms with van der Waals surface area (Å²) < 4.78 is 65.6. The number of ether oxygens (including phenoxy) is 2. The summed E-state index contributed by atoms with van der Waals surface area (Å²) in [4.78, 5) is 71.8. The number of imidazole rings is 1. The molecule has 2 saturated heterocycles. The van der Waals surface area contributed by atoms with E-state index in [2.05, 4.69) is 32.8 Å². The van der Waals surface area contributed by atoms with Crippen molar-refractivity contribution >= 4 is 46.4 Å². The lowest BCUT2D eigenvalue weighted by Crippen LogP contribution is -2.40. The van der Waals surface area contributed by atoms with E-state index in [1.54, 1.807) is 0 Å². The molecule has 31 heteroatoms. The third kappa shape index (κ3) is 10.6. The predicted octanol–water partition coefficient (Wildman–Crippen LogP) is -3.59. The number of nitrogens with two attached hydrogens (primary N) is 2. The third-order valence-corrected chi connectivity index (χ3v) is 10.1. The minimum absolute atomic E-state index is 0. The van der Waals surface area contributed by atoms with Crippen LogP contribution in [-0.2, 0) is 45.8 Å². The van der Waals surface area contributed by atoms with Crippen molar-refractivity contribution in [2.45, 2.75) is 55.5 Å². The van der Waals surface area contributed by atoms with Crippen LogP contribution in [-0.4, -0.2) is 102 Å². The zero-order valence-electron chi connectivity index (χ0n) is 27.9. The first-order chi connectivity index (χ1) is 22.4. The van der Waals surface area contributed by atoms with Gasteiger partial charge in [-0.2, -0.15) is 0 Å². The van der Waals surface area contributed by atoms with E-state index in [1.807, 2.05) is 0 Å². The van der Waals surface area contributed by atoms with Gasteiger partial charge in [0.05, 0.1) is 27.4 Å². The summed E-state index contributed by atoms with van der Waals surface area (Å²) in [5.41, 5.74) is 11.1. The summed E-state index contributed by atoms with van der Waals surface area (Å²) in [6, 6.07) is 0. The van der Waals surface area contributed by atoms with Crippen molar-refractivity contribution < 1.29 is 80.7 Å². The van der Waals surface area contributed by atoms with Crippen LogP contribution < -0.4 is 55.6 Å². The number of aliphatic hydroxyl groups is 3. The number of hydrogen-bond acceptors (Lipinski definition) is 22. The zero-order valence-corrected chi connectivity index (χ0v) is 30.6. The first kappa shape index (κ1) is 47.1. The largest absolute Gasteiger partial charge is 0.790 e. The molecule has 2 aromatic heterocycles. The normalized spacial score (nSPS) is 29.4. The van der Waals surface area contributed by atoms with E-state index in [0.717, 1.165) is 17.2 Å². The van der Waals surface area contributed by atoms with E-state index >= 15 is 0 Å². The first-order valence-electron chi connectivity index (χ1n) is 13.4. The van der Waals surface area contributed by atoms with Gasteiger partial charge >= 0.3 is 0 Å². The highest BCUT2D eigenvalue weighted by atomic mass is 31.3. The maximum absolute atomic E-state index is 12.4. The molecule has 23 N–H and O–H groups in total. The predicted molar refractivity (Wildman–Crippen MR) is 168 cm³/mol. The average molecular weight is 814 g/mol. The van der Waals surface area contributed by atoms with Crippen molar-refractivity contribution in [3.05, 3.63) is 36.7 Å². The number of nitrogen functional groups attached to an aromatic ring is 1. The van der Waals surface area contributed by atoms with Crippen LogP contribution in [0.15, 0.2) is 36.7 Å². The highest BCUT2D eigenvalue weighted by Gasteiger charge is 2.48. The molecule has 2 unspecified atom stereocenters. The number of rotatable bonds is 13. The smallest absolute Gasteiger partial charge is 0.274 e.